The summed E-state index contributed by atoms with van der Waals surface area (Å²) in [6.07, 6.45) is 0.178. The Morgan fingerprint density at radius 1 is 0.978 bits per heavy atom. The number of anilines is 1. The minimum atomic E-state index is -4.75. The first-order valence-corrected chi connectivity index (χ1v) is 16.8. The first-order chi connectivity index (χ1) is 21.8. The number of sulfonamides is 1. The number of halogens is 3. The Morgan fingerprint density at radius 2 is 1.65 bits per heavy atom. The highest BCUT2D eigenvalue weighted by molar-refractivity contribution is 7.92. The second kappa shape index (κ2) is 15.0. The molecule has 0 aliphatic heterocycles. The van der Waals surface area contributed by atoms with Gasteiger partial charge in [0.25, 0.3) is 10.0 Å². The maximum Gasteiger partial charge on any atom is 0.416 e. The van der Waals surface area contributed by atoms with Gasteiger partial charge in [0.1, 0.15) is 18.3 Å². The van der Waals surface area contributed by atoms with E-state index in [0.717, 1.165) is 49.8 Å². The van der Waals surface area contributed by atoms with Crippen LogP contribution in [-0.4, -0.2) is 50.9 Å². The van der Waals surface area contributed by atoms with Crippen LogP contribution in [0, 0.1) is 6.92 Å². The molecule has 1 atom stereocenters. The number of rotatable bonds is 12. The van der Waals surface area contributed by atoms with Crippen LogP contribution in [0.5, 0.6) is 5.75 Å². The molecule has 1 aliphatic rings. The molecule has 12 heteroatoms. The zero-order chi connectivity index (χ0) is 33.5. The van der Waals surface area contributed by atoms with E-state index in [2.05, 4.69) is 5.32 Å². The quantitative estimate of drug-likeness (QED) is 0.240. The first kappa shape index (κ1) is 34.8. The number of nitrogens with zero attached hydrogens (tertiary/aromatic N) is 2. The fraction of sp³-hybridized carbons (Fsp3) is 0.412. The Morgan fingerprint density at radius 3 is 2.28 bits per heavy atom. The fourth-order valence-corrected chi connectivity index (χ4v) is 7.04. The Labute approximate surface area is 268 Å². The lowest BCUT2D eigenvalue weighted by Crippen LogP contribution is -2.54. The van der Waals surface area contributed by atoms with E-state index >= 15 is 0 Å². The molecule has 1 saturated carbocycles. The summed E-state index contributed by atoms with van der Waals surface area (Å²) in [5.74, 6) is -0.587. The zero-order valence-electron chi connectivity index (χ0n) is 26.2. The second-order valence-corrected chi connectivity index (χ2v) is 13.4. The number of hydrogen-bond acceptors (Lipinski definition) is 5. The number of alkyl halides is 3. The van der Waals surface area contributed by atoms with E-state index in [1.165, 1.54) is 30.2 Å². The van der Waals surface area contributed by atoms with E-state index in [-0.39, 0.29) is 35.5 Å². The molecular weight excluding hydrogens is 619 g/mol. The Hall–Kier alpha value is -4.06. The van der Waals surface area contributed by atoms with E-state index in [4.69, 9.17) is 4.74 Å². The van der Waals surface area contributed by atoms with Crippen molar-refractivity contribution in [1.29, 1.82) is 0 Å². The summed E-state index contributed by atoms with van der Waals surface area (Å²) in [6.45, 7) is 2.62. The minimum absolute atomic E-state index is 0.0346. The van der Waals surface area contributed by atoms with Crippen LogP contribution in [0.2, 0.25) is 0 Å². The van der Waals surface area contributed by atoms with Crippen LogP contribution in [0.15, 0.2) is 77.7 Å². The highest BCUT2D eigenvalue weighted by atomic mass is 32.2. The molecule has 0 heterocycles. The number of nitrogens with one attached hydrogen (secondary N) is 1. The van der Waals surface area contributed by atoms with Gasteiger partial charge in [-0.1, -0.05) is 62.1 Å². The maximum absolute atomic E-state index is 14.3. The molecule has 3 aromatic carbocycles. The van der Waals surface area contributed by atoms with Gasteiger partial charge in [0.2, 0.25) is 11.8 Å². The normalized spacial score (nSPS) is 14.7. The van der Waals surface area contributed by atoms with Gasteiger partial charge in [0.05, 0.1) is 23.3 Å². The van der Waals surface area contributed by atoms with E-state index in [0.29, 0.717) is 21.7 Å². The maximum atomic E-state index is 14.3. The van der Waals surface area contributed by atoms with Gasteiger partial charge in [0, 0.05) is 12.6 Å². The second-order valence-electron chi connectivity index (χ2n) is 11.5. The van der Waals surface area contributed by atoms with Gasteiger partial charge in [0.15, 0.2) is 0 Å². The topological polar surface area (TPSA) is 96.0 Å². The molecule has 0 saturated heterocycles. The highest BCUT2D eigenvalue weighted by Crippen LogP contribution is 2.33. The fourth-order valence-electron chi connectivity index (χ4n) is 5.63. The van der Waals surface area contributed by atoms with Crippen molar-refractivity contribution < 1.29 is 35.9 Å². The molecule has 1 aliphatic carbocycles. The number of ether oxygens (including phenoxy) is 1. The lowest BCUT2D eigenvalue weighted by molar-refractivity contribution is -0.140. The molecule has 1 N–H and O–H groups in total. The number of carbonyl (C=O) groups is 2. The molecule has 4 rings (SSSR count). The minimum Gasteiger partial charge on any atom is -0.497 e. The van der Waals surface area contributed by atoms with Gasteiger partial charge in [-0.25, -0.2) is 8.42 Å². The largest absolute Gasteiger partial charge is 0.497 e. The van der Waals surface area contributed by atoms with Crippen LogP contribution in [0.25, 0.3) is 0 Å². The average Bonchev–Trinajstić information content (AvgIpc) is 3.03. The van der Waals surface area contributed by atoms with Crippen LogP contribution in [0.3, 0.4) is 0 Å². The van der Waals surface area contributed by atoms with Crippen molar-refractivity contribution in [3.63, 3.8) is 0 Å². The van der Waals surface area contributed by atoms with Crippen molar-refractivity contribution in [3.8, 4) is 5.75 Å². The van der Waals surface area contributed by atoms with Gasteiger partial charge in [-0.05, 0) is 74.2 Å². The molecule has 2 amide bonds. The van der Waals surface area contributed by atoms with E-state index < -0.39 is 40.3 Å². The predicted molar refractivity (Wildman–Crippen MR) is 170 cm³/mol. The third-order valence-electron chi connectivity index (χ3n) is 8.17. The van der Waals surface area contributed by atoms with Crippen LogP contribution in [0.1, 0.15) is 62.1 Å². The predicted octanol–water partition coefficient (Wildman–Crippen LogP) is 6.47. The van der Waals surface area contributed by atoms with Gasteiger partial charge in [-0.2, -0.15) is 13.2 Å². The van der Waals surface area contributed by atoms with Gasteiger partial charge >= 0.3 is 6.18 Å². The lowest BCUT2D eigenvalue weighted by Gasteiger charge is -2.34. The molecule has 0 radical (unpaired) electrons. The first-order valence-electron chi connectivity index (χ1n) is 15.3. The van der Waals surface area contributed by atoms with E-state index in [9.17, 15) is 31.2 Å². The summed E-state index contributed by atoms with van der Waals surface area (Å²) in [7, 11) is -3.03. The summed E-state index contributed by atoms with van der Waals surface area (Å²) < 4.78 is 75.2. The molecule has 248 valence electrons. The molecule has 0 spiro atoms. The average molecular weight is 660 g/mol. The molecule has 0 bridgehead atoms. The number of benzene rings is 3. The van der Waals surface area contributed by atoms with E-state index in [1.54, 1.807) is 50.2 Å². The monoisotopic (exact) mass is 659 g/mol. The molecule has 8 nitrogen and oxygen atoms in total. The SMILES string of the molecule is CC[C@@H](C(=O)NC1CCCCC1)N(Cc1cccc(OC)c1)C(=O)CN(c1cccc(C(F)(F)F)c1)S(=O)(=O)c1ccc(C)cc1. The van der Waals surface area contributed by atoms with Crippen LogP contribution < -0.4 is 14.4 Å². The van der Waals surface area contributed by atoms with Crippen molar-refractivity contribution in [2.75, 3.05) is 18.0 Å². The Kier molecular flexibility index (Phi) is 11.4. The van der Waals surface area contributed by atoms with Gasteiger partial charge in [-0.3, -0.25) is 13.9 Å². The molecule has 0 unspecified atom stereocenters. The smallest absolute Gasteiger partial charge is 0.416 e. The van der Waals surface area contributed by atoms with Crippen molar-refractivity contribution in [1.82, 2.24) is 10.2 Å². The van der Waals surface area contributed by atoms with Crippen molar-refractivity contribution in [3.05, 3.63) is 89.5 Å². The summed E-state index contributed by atoms with van der Waals surface area (Å²) in [4.78, 5) is 29.1. The molecule has 46 heavy (non-hydrogen) atoms. The Bertz CT molecular complexity index is 1610. The summed E-state index contributed by atoms with van der Waals surface area (Å²) in [5.41, 5.74) is 0.0152. The van der Waals surface area contributed by atoms with Crippen molar-refractivity contribution in [2.45, 2.75) is 82.1 Å². The van der Waals surface area contributed by atoms with Crippen molar-refractivity contribution in [2.24, 2.45) is 0 Å². The van der Waals surface area contributed by atoms with E-state index in [1.807, 2.05) is 0 Å². The third-order valence-corrected chi connectivity index (χ3v) is 9.96. The number of carbonyl (C=O) groups excluding carboxylic acids is 2. The number of aryl methyl sites for hydroxylation is 1. The lowest BCUT2D eigenvalue weighted by atomic mass is 9.95. The van der Waals surface area contributed by atoms with Crippen LogP contribution in [0.4, 0.5) is 18.9 Å². The highest BCUT2D eigenvalue weighted by Gasteiger charge is 2.36. The zero-order valence-corrected chi connectivity index (χ0v) is 27.0. The molecule has 1 fully saturated rings. The molecular formula is C34H40F3N3O5S. The number of hydrogen-bond donors (Lipinski definition) is 1. The van der Waals surface area contributed by atoms with Crippen molar-refractivity contribution >= 4 is 27.5 Å². The van der Waals surface area contributed by atoms with Crippen LogP contribution in [-0.2, 0) is 32.3 Å². The standard InChI is InChI=1S/C34H40F3N3O5S/c1-4-31(33(42)38-27-12-6-5-7-13-27)39(22-25-10-8-15-29(20-25)45-3)32(41)23-40(28-14-9-11-26(21-28)34(35,36)37)46(43,44)30-18-16-24(2)17-19-30/h8-11,14-21,27,31H,4-7,12-13,22-23H2,1-3H3,(H,38,42)/t31-/m0/s1. The number of amides is 2. The summed E-state index contributed by atoms with van der Waals surface area (Å²) >= 11 is 0. The van der Waals surface area contributed by atoms with Gasteiger partial charge in [-0.15, -0.1) is 0 Å². The molecule has 0 aromatic heterocycles. The molecule has 3 aromatic rings. The summed E-state index contributed by atoms with van der Waals surface area (Å²) in [6, 6.07) is 15.6. The number of methoxy groups -OCH3 is 1. The van der Waals surface area contributed by atoms with Crippen LogP contribution >= 0.6 is 0 Å². The third kappa shape index (κ3) is 8.60. The van der Waals surface area contributed by atoms with Gasteiger partial charge < -0.3 is 15.0 Å². The Balaban J connectivity index is 1.76. The summed E-state index contributed by atoms with van der Waals surface area (Å²) in [5, 5.41) is 3.07.